The topological polar surface area (TPSA) is 117 Å². The summed E-state index contributed by atoms with van der Waals surface area (Å²) in [5, 5.41) is 10.6. The SMILES string of the molecule is O=[N+]([O-])c1ccc(Oc2c(Cl)cc(S(=O)(=O)Nc3ccc4c(c3)OCO4)cc2Cl)c(Cl)c1. The van der Waals surface area contributed by atoms with Gasteiger partial charge in [-0.3, -0.25) is 14.8 Å². The summed E-state index contributed by atoms with van der Waals surface area (Å²) in [6.07, 6.45) is 0. The van der Waals surface area contributed by atoms with Gasteiger partial charge < -0.3 is 14.2 Å². The number of hydrogen-bond donors (Lipinski definition) is 1. The molecule has 0 amide bonds. The minimum Gasteiger partial charge on any atom is -0.454 e. The van der Waals surface area contributed by atoms with Gasteiger partial charge in [0.1, 0.15) is 5.75 Å². The summed E-state index contributed by atoms with van der Waals surface area (Å²) in [7, 11) is -4.06. The highest BCUT2D eigenvalue weighted by atomic mass is 35.5. The predicted molar refractivity (Wildman–Crippen MR) is 118 cm³/mol. The van der Waals surface area contributed by atoms with E-state index in [9.17, 15) is 18.5 Å². The van der Waals surface area contributed by atoms with Gasteiger partial charge in [0.15, 0.2) is 17.2 Å². The van der Waals surface area contributed by atoms with Gasteiger partial charge in [0.05, 0.1) is 30.6 Å². The van der Waals surface area contributed by atoms with E-state index in [1.54, 1.807) is 6.07 Å². The molecule has 3 aromatic carbocycles. The van der Waals surface area contributed by atoms with E-state index in [1.807, 2.05) is 0 Å². The standard InChI is InChI=1S/C19H11Cl3N2O7S/c20-13-6-11(24(25)26)2-4-16(13)31-19-14(21)7-12(8-15(19)22)32(27,28)23-10-1-3-17-18(5-10)30-9-29-17/h1-8,23H,9H2. The van der Waals surface area contributed by atoms with Crippen LogP contribution in [0.1, 0.15) is 0 Å². The quantitative estimate of drug-likeness (QED) is 0.321. The maximum atomic E-state index is 12.8. The van der Waals surface area contributed by atoms with E-state index in [1.165, 1.54) is 24.3 Å². The fourth-order valence-electron chi connectivity index (χ4n) is 2.76. The van der Waals surface area contributed by atoms with Gasteiger partial charge in [0.2, 0.25) is 6.79 Å². The average molecular weight is 518 g/mol. The maximum absolute atomic E-state index is 12.8. The Kier molecular flexibility index (Phi) is 5.95. The Morgan fingerprint density at radius 2 is 1.62 bits per heavy atom. The molecule has 0 aliphatic carbocycles. The van der Waals surface area contributed by atoms with Gasteiger partial charge in [-0.1, -0.05) is 34.8 Å². The first-order valence-electron chi connectivity index (χ1n) is 8.67. The third-order valence-electron chi connectivity index (χ3n) is 4.25. The van der Waals surface area contributed by atoms with E-state index in [0.717, 1.165) is 18.2 Å². The number of fused-ring (bicyclic) bond motifs is 1. The molecule has 0 saturated heterocycles. The van der Waals surface area contributed by atoms with Crippen molar-refractivity contribution in [3.8, 4) is 23.0 Å². The van der Waals surface area contributed by atoms with Crippen LogP contribution in [0.5, 0.6) is 23.0 Å². The number of ether oxygens (including phenoxy) is 3. The molecule has 0 fully saturated rings. The smallest absolute Gasteiger partial charge is 0.271 e. The molecule has 0 spiro atoms. The molecule has 0 radical (unpaired) electrons. The van der Waals surface area contributed by atoms with Crippen LogP contribution in [0.4, 0.5) is 11.4 Å². The Morgan fingerprint density at radius 3 is 2.28 bits per heavy atom. The van der Waals surface area contributed by atoms with Crippen LogP contribution in [0.25, 0.3) is 0 Å². The van der Waals surface area contributed by atoms with Crippen molar-refractivity contribution in [1.29, 1.82) is 0 Å². The van der Waals surface area contributed by atoms with Gasteiger partial charge in [-0.25, -0.2) is 8.42 Å². The second kappa shape index (κ2) is 8.55. The van der Waals surface area contributed by atoms with Crippen molar-refractivity contribution in [3.63, 3.8) is 0 Å². The van der Waals surface area contributed by atoms with Crippen molar-refractivity contribution >= 4 is 56.2 Å². The number of anilines is 1. The van der Waals surface area contributed by atoms with Gasteiger partial charge in [-0.2, -0.15) is 0 Å². The molecule has 0 aromatic heterocycles. The number of benzene rings is 3. The number of rotatable bonds is 6. The maximum Gasteiger partial charge on any atom is 0.271 e. The summed E-state index contributed by atoms with van der Waals surface area (Å²) in [5.41, 5.74) is 0.0232. The highest BCUT2D eigenvalue weighted by molar-refractivity contribution is 7.92. The zero-order chi connectivity index (χ0) is 23.0. The fraction of sp³-hybridized carbons (Fsp3) is 0.0526. The number of non-ortho nitro benzene ring substituents is 1. The highest BCUT2D eigenvalue weighted by Gasteiger charge is 2.22. The van der Waals surface area contributed by atoms with Crippen molar-refractivity contribution < 1.29 is 27.6 Å². The lowest BCUT2D eigenvalue weighted by Gasteiger charge is -2.14. The fourth-order valence-corrected chi connectivity index (χ4v) is 4.77. The molecule has 1 aliphatic heterocycles. The van der Waals surface area contributed by atoms with Crippen molar-refractivity contribution in [2.75, 3.05) is 11.5 Å². The molecule has 13 heteroatoms. The van der Waals surface area contributed by atoms with Crippen LogP contribution < -0.4 is 18.9 Å². The number of nitro benzene ring substituents is 1. The van der Waals surface area contributed by atoms with Crippen LogP contribution in [0.15, 0.2) is 53.4 Å². The lowest BCUT2D eigenvalue weighted by Crippen LogP contribution is -2.13. The normalized spacial score (nSPS) is 12.5. The summed E-state index contributed by atoms with van der Waals surface area (Å²) >= 11 is 18.5. The number of hydrogen-bond acceptors (Lipinski definition) is 7. The van der Waals surface area contributed by atoms with Crippen molar-refractivity contribution in [1.82, 2.24) is 0 Å². The van der Waals surface area contributed by atoms with Gasteiger partial charge >= 0.3 is 0 Å². The van der Waals surface area contributed by atoms with Gasteiger partial charge in [0, 0.05) is 18.2 Å². The molecule has 0 bridgehead atoms. The van der Waals surface area contributed by atoms with E-state index >= 15 is 0 Å². The Hall–Kier alpha value is -2.92. The minimum atomic E-state index is -4.06. The van der Waals surface area contributed by atoms with E-state index in [0.29, 0.717) is 11.5 Å². The van der Waals surface area contributed by atoms with E-state index in [2.05, 4.69) is 4.72 Å². The van der Waals surface area contributed by atoms with Crippen molar-refractivity contribution in [2.24, 2.45) is 0 Å². The average Bonchev–Trinajstić information content (AvgIpc) is 3.19. The van der Waals surface area contributed by atoms with Crippen LogP contribution in [-0.2, 0) is 10.0 Å². The van der Waals surface area contributed by atoms with Crippen LogP contribution in [-0.4, -0.2) is 20.1 Å². The molecular formula is C19H11Cl3N2O7S. The first-order chi connectivity index (χ1) is 15.1. The molecule has 0 unspecified atom stereocenters. The third-order valence-corrected chi connectivity index (χ3v) is 6.46. The van der Waals surface area contributed by atoms with E-state index in [4.69, 9.17) is 49.0 Å². The molecule has 3 aromatic rings. The summed E-state index contributed by atoms with van der Waals surface area (Å²) in [6, 6.07) is 10.4. The van der Waals surface area contributed by atoms with Crippen molar-refractivity contribution in [3.05, 3.63) is 73.7 Å². The summed E-state index contributed by atoms with van der Waals surface area (Å²) in [5.74, 6) is 0.900. The zero-order valence-corrected chi connectivity index (χ0v) is 18.8. The van der Waals surface area contributed by atoms with Crippen molar-refractivity contribution in [2.45, 2.75) is 4.90 Å². The van der Waals surface area contributed by atoms with Gasteiger partial charge in [0.25, 0.3) is 15.7 Å². The molecule has 0 saturated carbocycles. The van der Waals surface area contributed by atoms with Crippen LogP contribution in [0, 0.1) is 10.1 Å². The summed E-state index contributed by atoms with van der Waals surface area (Å²) in [6.45, 7) is 0.0526. The van der Waals surface area contributed by atoms with Gasteiger partial charge in [-0.15, -0.1) is 0 Å². The Bertz CT molecular complexity index is 1330. The molecule has 1 N–H and O–H groups in total. The number of sulfonamides is 1. The molecule has 9 nitrogen and oxygen atoms in total. The molecule has 32 heavy (non-hydrogen) atoms. The summed E-state index contributed by atoms with van der Waals surface area (Å²) in [4.78, 5) is 10.0. The Balaban J connectivity index is 1.60. The van der Waals surface area contributed by atoms with Crippen LogP contribution in [0.3, 0.4) is 0 Å². The van der Waals surface area contributed by atoms with Crippen LogP contribution in [0.2, 0.25) is 15.1 Å². The number of nitrogens with zero attached hydrogens (tertiary/aromatic N) is 1. The largest absolute Gasteiger partial charge is 0.454 e. The Morgan fingerprint density at radius 1 is 0.938 bits per heavy atom. The second-order valence-corrected chi connectivity index (χ2v) is 9.27. The predicted octanol–water partition coefficient (Wildman–Crippen LogP) is 5.88. The van der Waals surface area contributed by atoms with Gasteiger partial charge in [-0.05, 0) is 30.3 Å². The minimum absolute atomic E-state index is 0.0486. The molecule has 1 aliphatic rings. The van der Waals surface area contributed by atoms with E-state index < -0.39 is 14.9 Å². The molecule has 4 rings (SSSR count). The summed E-state index contributed by atoms with van der Waals surface area (Å²) < 4.78 is 44.0. The monoisotopic (exact) mass is 516 g/mol. The lowest BCUT2D eigenvalue weighted by molar-refractivity contribution is -0.384. The molecular weight excluding hydrogens is 507 g/mol. The highest BCUT2D eigenvalue weighted by Crippen LogP contribution is 2.41. The molecule has 0 atom stereocenters. The number of nitrogens with one attached hydrogen (secondary N) is 1. The Labute approximate surface area is 196 Å². The molecule has 1 heterocycles. The van der Waals surface area contributed by atoms with Crippen LogP contribution >= 0.6 is 34.8 Å². The first kappa shape index (κ1) is 22.3. The third kappa shape index (κ3) is 4.49. The molecule has 166 valence electrons. The first-order valence-corrected chi connectivity index (χ1v) is 11.3. The zero-order valence-electron chi connectivity index (χ0n) is 15.7. The second-order valence-electron chi connectivity index (χ2n) is 6.36. The number of halogens is 3. The number of nitro groups is 1. The lowest BCUT2D eigenvalue weighted by atomic mass is 10.3. The van der Waals surface area contributed by atoms with E-state index in [-0.39, 0.29) is 49.6 Å².